The number of benzene rings is 2. The number of nitrogens with one attached hydrogen (secondary N) is 1. The number of carboxylic acids is 2. The third kappa shape index (κ3) is 7.93. The maximum absolute atomic E-state index is 13.0. The van der Waals surface area contributed by atoms with E-state index in [0.717, 1.165) is 17.1 Å². The van der Waals surface area contributed by atoms with Gasteiger partial charge in [0.2, 0.25) is 15.9 Å². The first-order chi connectivity index (χ1) is 17.0. The number of nitrogens with zero attached hydrogens (tertiary/aromatic N) is 2. The van der Waals surface area contributed by atoms with Crippen molar-refractivity contribution >= 4 is 33.6 Å². The highest BCUT2D eigenvalue weighted by Gasteiger charge is 2.28. The lowest BCUT2D eigenvalue weighted by atomic mass is 10.1. The highest BCUT2D eigenvalue weighted by molar-refractivity contribution is 7.89. The molecule has 36 heavy (non-hydrogen) atoms. The Hall–Kier alpha value is -3.68. The van der Waals surface area contributed by atoms with Crippen molar-refractivity contribution in [1.29, 1.82) is 0 Å². The third-order valence-electron chi connectivity index (χ3n) is 5.21. The third-order valence-corrected chi connectivity index (χ3v) is 7.12. The van der Waals surface area contributed by atoms with Gasteiger partial charge in [0.05, 0.1) is 19.1 Å². The standard InChI is InChI=1S/C21H27N3O5S.C2H2O4/c1-16(25)22-18-4-7-20(8-5-18)30(26,27)24-12-10-23(11-13-24)15-17-14-19(28-2)6-9-21(17)29-3;3-1(4)2(5)6/h4-9,14H,10-13,15H2,1-3H3,(H,22,25);(H,3,4)(H,5,6). The fraction of sp³-hybridized carbons (Fsp3) is 0.348. The molecule has 0 saturated carbocycles. The normalized spacial score (nSPS) is 14.2. The number of rotatable bonds is 7. The second kappa shape index (κ2) is 12.9. The summed E-state index contributed by atoms with van der Waals surface area (Å²) in [5.41, 5.74) is 1.57. The van der Waals surface area contributed by atoms with Gasteiger partial charge in [0.25, 0.3) is 0 Å². The number of sulfonamides is 1. The average Bonchev–Trinajstić information content (AvgIpc) is 2.84. The van der Waals surface area contributed by atoms with Crippen molar-refractivity contribution in [1.82, 2.24) is 9.21 Å². The van der Waals surface area contributed by atoms with E-state index in [4.69, 9.17) is 29.3 Å². The molecule has 0 aromatic heterocycles. The zero-order valence-corrected chi connectivity index (χ0v) is 20.9. The largest absolute Gasteiger partial charge is 0.497 e. The predicted octanol–water partition coefficient (Wildman–Crippen LogP) is 1.32. The van der Waals surface area contributed by atoms with E-state index in [1.165, 1.54) is 23.4 Å². The minimum atomic E-state index is -3.58. The second-order valence-electron chi connectivity index (χ2n) is 7.67. The molecular weight excluding hydrogens is 494 g/mol. The van der Waals surface area contributed by atoms with Crippen molar-refractivity contribution in [2.24, 2.45) is 0 Å². The van der Waals surface area contributed by atoms with E-state index < -0.39 is 22.0 Å². The van der Waals surface area contributed by atoms with Crippen molar-refractivity contribution in [2.45, 2.75) is 18.4 Å². The fourth-order valence-electron chi connectivity index (χ4n) is 3.44. The van der Waals surface area contributed by atoms with Gasteiger partial charge < -0.3 is 25.0 Å². The van der Waals surface area contributed by atoms with E-state index in [1.54, 1.807) is 26.4 Å². The SMILES string of the molecule is COc1ccc(OC)c(CN2CCN(S(=O)(=O)c3ccc(NC(C)=O)cc3)CC2)c1.O=C(O)C(=O)O. The summed E-state index contributed by atoms with van der Waals surface area (Å²) in [6.07, 6.45) is 0. The summed E-state index contributed by atoms with van der Waals surface area (Å²) in [7, 11) is -0.323. The molecule has 1 fully saturated rings. The summed E-state index contributed by atoms with van der Waals surface area (Å²) in [6, 6.07) is 11.9. The first kappa shape index (κ1) is 28.6. The Bertz CT molecular complexity index is 1160. The van der Waals surface area contributed by atoms with Crippen LogP contribution in [0.1, 0.15) is 12.5 Å². The van der Waals surface area contributed by atoms with E-state index in [0.29, 0.717) is 38.4 Å². The number of amides is 1. The summed E-state index contributed by atoms with van der Waals surface area (Å²) in [4.78, 5) is 31.7. The van der Waals surface area contributed by atoms with Gasteiger partial charge in [0, 0.05) is 50.9 Å². The monoisotopic (exact) mass is 523 g/mol. The molecule has 1 amide bonds. The molecule has 2 aromatic rings. The van der Waals surface area contributed by atoms with Crippen molar-refractivity contribution in [2.75, 3.05) is 45.7 Å². The van der Waals surface area contributed by atoms with Crippen molar-refractivity contribution in [3.63, 3.8) is 0 Å². The Morgan fingerprint density at radius 3 is 1.97 bits per heavy atom. The van der Waals surface area contributed by atoms with Gasteiger partial charge in [0.1, 0.15) is 11.5 Å². The first-order valence-electron chi connectivity index (χ1n) is 10.7. The van der Waals surface area contributed by atoms with Gasteiger partial charge in [0.15, 0.2) is 0 Å². The Kier molecular flexibility index (Phi) is 10.2. The summed E-state index contributed by atoms with van der Waals surface area (Å²) in [6.45, 7) is 4.10. The Labute approximate surface area is 209 Å². The van der Waals surface area contributed by atoms with Gasteiger partial charge in [-0.25, -0.2) is 18.0 Å². The van der Waals surface area contributed by atoms with Gasteiger partial charge in [-0.3, -0.25) is 9.69 Å². The number of piperazine rings is 1. The molecule has 0 bridgehead atoms. The molecule has 13 heteroatoms. The second-order valence-corrected chi connectivity index (χ2v) is 9.61. The topological polar surface area (TPSA) is 163 Å². The lowest BCUT2D eigenvalue weighted by Gasteiger charge is -2.34. The zero-order valence-electron chi connectivity index (χ0n) is 20.1. The molecule has 0 atom stereocenters. The Morgan fingerprint density at radius 1 is 0.917 bits per heavy atom. The summed E-state index contributed by atoms with van der Waals surface area (Å²) in [5, 5.41) is 17.4. The quantitative estimate of drug-likeness (QED) is 0.451. The molecular formula is C23H29N3O9S. The molecule has 1 heterocycles. The first-order valence-corrected chi connectivity index (χ1v) is 12.2. The van der Waals surface area contributed by atoms with Crippen LogP contribution in [0.5, 0.6) is 11.5 Å². The van der Waals surface area contributed by atoms with Crippen molar-refractivity contribution < 1.29 is 42.5 Å². The molecule has 3 rings (SSSR count). The zero-order chi connectivity index (χ0) is 26.9. The van der Waals surface area contributed by atoms with Crippen LogP contribution in [-0.4, -0.2) is 86.1 Å². The lowest BCUT2D eigenvalue weighted by Crippen LogP contribution is -2.48. The van der Waals surface area contributed by atoms with E-state index in [1.807, 2.05) is 18.2 Å². The maximum Gasteiger partial charge on any atom is 0.414 e. The smallest absolute Gasteiger partial charge is 0.414 e. The van der Waals surface area contributed by atoms with Crippen LogP contribution < -0.4 is 14.8 Å². The molecule has 196 valence electrons. The van der Waals surface area contributed by atoms with E-state index in [-0.39, 0.29) is 10.8 Å². The minimum absolute atomic E-state index is 0.200. The van der Waals surface area contributed by atoms with Gasteiger partial charge in [-0.1, -0.05) is 0 Å². The van der Waals surface area contributed by atoms with Crippen LogP contribution >= 0.6 is 0 Å². The molecule has 1 aliphatic heterocycles. The number of hydrogen-bond acceptors (Lipinski definition) is 8. The maximum atomic E-state index is 13.0. The molecule has 3 N–H and O–H groups in total. The van der Waals surface area contributed by atoms with Crippen LogP contribution in [0.25, 0.3) is 0 Å². The van der Waals surface area contributed by atoms with Crippen LogP contribution in [0.2, 0.25) is 0 Å². The minimum Gasteiger partial charge on any atom is -0.497 e. The molecule has 0 aliphatic carbocycles. The van der Waals surface area contributed by atoms with Gasteiger partial charge >= 0.3 is 11.9 Å². The highest BCUT2D eigenvalue weighted by atomic mass is 32.2. The number of carboxylic acid groups (broad SMARTS) is 2. The van der Waals surface area contributed by atoms with Crippen LogP contribution in [0, 0.1) is 0 Å². The van der Waals surface area contributed by atoms with Crippen LogP contribution in [0.3, 0.4) is 0 Å². The predicted molar refractivity (Wildman–Crippen MR) is 130 cm³/mol. The fourth-order valence-corrected chi connectivity index (χ4v) is 4.86. The summed E-state index contributed by atoms with van der Waals surface area (Å²) >= 11 is 0. The molecule has 1 saturated heterocycles. The number of methoxy groups -OCH3 is 2. The van der Waals surface area contributed by atoms with E-state index >= 15 is 0 Å². The lowest BCUT2D eigenvalue weighted by molar-refractivity contribution is -0.159. The highest BCUT2D eigenvalue weighted by Crippen LogP contribution is 2.26. The van der Waals surface area contributed by atoms with E-state index in [9.17, 15) is 13.2 Å². The van der Waals surface area contributed by atoms with Crippen molar-refractivity contribution in [3.8, 4) is 11.5 Å². The summed E-state index contributed by atoms with van der Waals surface area (Å²) < 4.78 is 38.1. The van der Waals surface area contributed by atoms with Gasteiger partial charge in [-0.15, -0.1) is 0 Å². The Morgan fingerprint density at radius 2 is 1.50 bits per heavy atom. The number of ether oxygens (including phenoxy) is 2. The van der Waals surface area contributed by atoms with Gasteiger partial charge in [-0.2, -0.15) is 4.31 Å². The number of hydrogen-bond donors (Lipinski definition) is 3. The number of carbonyl (C=O) groups excluding carboxylic acids is 1. The Balaban J connectivity index is 0.000000678. The van der Waals surface area contributed by atoms with Crippen LogP contribution in [0.15, 0.2) is 47.4 Å². The van der Waals surface area contributed by atoms with Crippen LogP contribution in [-0.2, 0) is 31.0 Å². The molecule has 2 aromatic carbocycles. The number of aliphatic carboxylic acids is 2. The number of anilines is 1. The van der Waals surface area contributed by atoms with E-state index in [2.05, 4.69) is 10.2 Å². The molecule has 0 unspecified atom stereocenters. The average molecular weight is 524 g/mol. The number of carbonyl (C=O) groups is 3. The van der Waals surface area contributed by atoms with Gasteiger partial charge in [-0.05, 0) is 42.5 Å². The molecule has 0 spiro atoms. The molecule has 12 nitrogen and oxygen atoms in total. The molecule has 0 radical (unpaired) electrons. The summed E-state index contributed by atoms with van der Waals surface area (Å²) in [5.74, 6) is -2.31. The van der Waals surface area contributed by atoms with Crippen molar-refractivity contribution in [3.05, 3.63) is 48.0 Å². The molecule has 1 aliphatic rings. The van der Waals surface area contributed by atoms with Crippen LogP contribution in [0.4, 0.5) is 5.69 Å².